The van der Waals surface area contributed by atoms with E-state index >= 15 is 0 Å². The summed E-state index contributed by atoms with van der Waals surface area (Å²) in [7, 11) is 0. The lowest BCUT2D eigenvalue weighted by Crippen LogP contribution is -2.29. The highest BCUT2D eigenvalue weighted by molar-refractivity contribution is 5.94. The highest BCUT2D eigenvalue weighted by Gasteiger charge is 2.13. The Bertz CT molecular complexity index is 676. The van der Waals surface area contributed by atoms with Crippen LogP contribution in [-0.2, 0) is 6.61 Å². The lowest BCUT2D eigenvalue weighted by Gasteiger charge is -2.06. The summed E-state index contributed by atoms with van der Waals surface area (Å²) in [6, 6.07) is 8.48. The molecule has 1 aromatic heterocycles. The lowest BCUT2D eigenvalue weighted by molar-refractivity contribution is 0.0924. The molecule has 2 rings (SSSR count). The van der Waals surface area contributed by atoms with Crippen LogP contribution < -0.4 is 16.0 Å². The van der Waals surface area contributed by atoms with E-state index in [0.29, 0.717) is 17.1 Å². The minimum Gasteiger partial charge on any atom is -0.489 e. The van der Waals surface area contributed by atoms with Gasteiger partial charge in [-0.05, 0) is 32.0 Å². The van der Waals surface area contributed by atoms with Gasteiger partial charge in [-0.15, -0.1) is 0 Å². The maximum Gasteiger partial charge on any atom is 0.300 e. The largest absolute Gasteiger partial charge is 0.489 e. The maximum atomic E-state index is 11.4. The van der Waals surface area contributed by atoms with E-state index in [2.05, 4.69) is 0 Å². The number of furan rings is 1. The Balaban J connectivity index is 2.09. The standard InChI is InChI=1S/C15H16N2O4/c1-9(18)11-4-3-5-13(6-11)20-8-12-7-14(15(19)17-16)21-10(12)2/h3-7H,8,16H2,1-2H3,(H,17,19). The number of benzene rings is 1. The zero-order chi connectivity index (χ0) is 15.4. The van der Waals surface area contributed by atoms with E-state index < -0.39 is 5.91 Å². The fourth-order valence-electron chi connectivity index (χ4n) is 1.81. The number of hydrogen-bond donors (Lipinski definition) is 2. The van der Waals surface area contributed by atoms with Gasteiger partial charge in [0.25, 0.3) is 0 Å². The van der Waals surface area contributed by atoms with Crippen LogP contribution in [0.3, 0.4) is 0 Å². The molecule has 0 unspecified atom stereocenters. The van der Waals surface area contributed by atoms with Crippen molar-refractivity contribution in [3.63, 3.8) is 0 Å². The van der Waals surface area contributed by atoms with E-state index in [0.717, 1.165) is 5.56 Å². The Hall–Kier alpha value is -2.60. The van der Waals surface area contributed by atoms with Crippen LogP contribution in [0.15, 0.2) is 34.7 Å². The van der Waals surface area contributed by atoms with Crippen LogP contribution in [0.4, 0.5) is 0 Å². The second-order valence-electron chi connectivity index (χ2n) is 4.54. The molecule has 1 amide bonds. The number of nitrogen functional groups attached to an aromatic ring is 1. The number of nitrogens with one attached hydrogen (secondary N) is 1. The van der Waals surface area contributed by atoms with Gasteiger partial charge in [0.1, 0.15) is 18.1 Å². The Morgan fingerprint density at radius 2 is 2.10 bits per heavy atom. The van der Waals surface area contributed by atoms with Crippen LogP contribution >= 0.6 is 0 Å². The topological polar surface area (TPSA) is 94.6 Å². The van der Waals surface area contributed by atoms with Crippen molar-refractivity contribution in [3.8, 4) is 5.75 Å². The van der Waals surface area contributed by atoms with Crippen LogP contribution in [0.5, 0.6) is 5.75 Å². The minimum absolute atomic E-state index is 0.0261. The van der Waals surface area contributed by atoms with Gasteiger partial charge in [-0.3, -0.25) is 15.0 Å². The van der Waals surface area contributed by atoms with Gasteiger partial charge < -0.3 is 9.15 Å². The summed E-state index contributed by atoms with van der Waals surface area (Å²) in [4.78, 5) is 22.7. The molecule has 0 saturated heterocycles. The molecule has 0 radical (unpaired) electrons. The number of carbonyl (C=O) groups excluding carboxylic acids is 2. The average molecular weight is 288 g/mol. The van der Waals surface area contributed by atoms with Gasteiger partial charge in [-0.2, -0.15) is 0 Å². The maximum absolute atomic E-state index is 11.4. The van der Waals surface area contributed by atoms with Gasteiger partial charge in [0, 0.05) is 11.1 Å². The third-order valence-electron chi connectivity index (χ3n) is 3.01. The van der Waals surface area contributed by atoms with Gasteiger partial charge in [0.15, 0.2) is 11.5 Å². The molecule has 0 spiro atoms. The van der Waals surface area contributed by atoms with Gasteiger partial charge in [-0.25, -0.2) is 5.84 Å². The molecule has 0 aliphatic rings. The molecule has 0 aliphatic heterocycles. The summed E-state index contributed by atoms with van der Waals surface area (Å²) in [6.45, 7) is 3.46. The highest BCUT2D eigenvalue weighted by atomic mass is 16.5. The molecule has 0 fully saturated rings. The summed E-state index contributed by atoms with van der Waals surface area (Å²) in [5.41, 5.74) is 3.33. The fourth-order valence-corrected chi connectivity index (χ4v) is 1.81. The number of carbonyl (C=O) groups is 2. The van der Waals surface area contributed by atoms with E-state index in [1.165, 1.54) is 6.92 Å². The molecular weight excluding hydrogens is 272 g/mol. The first-order valence-corrected chi connectivity index (χ1v) is 6.35. The van der Waals surface area contributed by atoms with E-state index in [4.69, 9.17) is 15.0 Å². The van der Waals surface area contributed by atoms with E-state index in [1.54, 1.807) is 37.3 Å². The van der Waals surface area contributed by atoms with E-state index in [-0.39, 0.29) is 18.2 Å². The number of hydrazine groups is 1. The summed E-state index contributed by atoms with van der Waals surface area (Å²) >= 11 is 0. The second-order valence-corrected chi connectivity index (χ2v) is 4.54. The average Bonchev–Trinajstić information content (AvgIpc) is 2.85. The van der Waals surface area contributed by atoms with E-state index in [1.807, 2.05) is 5.43 Å². The third kappa shape index (κ3) is 3.49. The normalized spacial score (nSPS) is 10.2. The first-order valence-electron chi connectivity index (χ1n) is 6.35. The molecule has 21 heavy (non-hydrogen) atoms. The Kier molecular flexibility index (Phi) is 4.39. The predicted molar refractivity (Wildman–Crippen MR) is 75.9 cm³/mol. The molecule has 3 N–H and O–H groups in total. The minimum atomic E-state index is -0.497. The SMILES string of the molecule is CC(=O)c1cccc(OCc2cc(C(=O)NN)oc2C)c1. The van der Waals surface area contributed by atoms with Crippen molar-refractivity contribution in [2.75, 3.05) is 0 Å². The van der Waals surface area contributed by atoms with Crippen molar-refractivity contribution in [2.24, 2.45) is 5.84 Å². The van der Waals surface area contributed by atoms with Crippen LogP contribution in [-0.4, -0.2) is 11.7 Å². The first kappa shape index (κ1) is 14.8. The molecule has 0 bridgehead atoms. The number of hydrogen-bond acceptors (Lipinski definition) is 5. The zero-order valence-corrected chi connectivity index (χ0v) is 11.8. The Morgan fingerprint density at radius 3 is 2.76 bits per heavy atom. The van der Waals surface area contributed by atoms with Crippen molar-refractivity contribution >= 4 is 11.7 Å². The van der Waals surface area contributed by atoms with Gasteiger partial charge in [-0.1, -0.05) is 12.1 Å². The van der Waals surface area contributed by atoms with Crippen LogP contribution in [0.25, 0.3) is 0 Å². The van der Waals surface area contributed by atoms with Crippen molar-refractivity contribution < 1.29 is 18.7 Å². The second kappa shape index (κ2) is 6.23. The Labute approximate surface area is 121 Å². The summed E-state index contributed by atoms with van der Waals surface area (Å²) < 4.78 is 10.9. The highest BCUT2D eigenvalue weighted by Crippen LogP contribution is 2.19. The third-order valence-corrected chi connectivity index (χ3v) is 3.01. The van der Waals surface area contributed by atoms with Crippen molar-refractivity contribution in [1.82, 2.24) is 5.43 Å². The molecule has 0 saturated carbocycles. The Morgan fingerprint density at radius 1 is 1.33 bits per heavy atom. The summed E-state index contributed by atoms with van der Waals surface area (Å²) in [5.74, 6) is 5.81. The van der Waals surface area contributed by atoms with Gasteiger partial charge in [0.2, 0.25) is 0 Å². The molecule has 1 aromatic carbocycles. The quantitative estimate of drug-likeness (QED) is 0.379. The van der Waals surface area contributed by atoms with Crippen LogP contribution in [0.1, 0.15) is 39.2 Å². The van der Waals surface area contributed by atoms with E-state index in [9.17, 15) is 9.59 Å². The monoisotopic (exact) mass is 288 g/mol. The van der Waals surface area contributed by atoms with Crippen LogP contribution in [0, 0.1) is 6.92 Å². The first-order chi connectivity index (χ1) is 10.0. The number of aryl methyl sites for hydroxylation is 1. The van der Waals surface area contributed by atoms with Gasteiger partial charge in [0.05, 0.1) is 0 Å². The molecular formula is C15H16N2O4. The number of nitrogens with two attached hydrogens (primary N) is 1. The van der Waals surface area contributed by atoms with Gasteiger partial charge >= 0.3 is 5.91 Å². The predicted octanol–water partition coefficient (Wildman–Crippen LogP) is 1.97. The zero-order valence-electron chi connectivity index (χ0n) is 11.8. The molecule has 0 atom stereocenters. The summed E-state index contributed by atoms with van der Waals surface area (Å²) in [6.07, 6.45) is 0. The van der Waals surface area contributed by atoms with Crippen molar-refractivity contribution in [2.45, 2.75) is 20.5 Å². The molecule has 110 valence electrons. The number of amides is 1. The van der Waals surface area contributed by atoms with Crippen molar-refractivity contribution in [1.29, 1.82) is 0 Å². The number of ketones is 1. The van der Waals surface area contributed by atoms with Crippen LogP contribution in [0.2, 0.25) is 0 Å². The van der Waals surface area contributed by atoms with Crippen molar-refractivity contribution in [3.05, 3.63) is 53.0 Å². The number of rotatable bonds is 5. The number of ether oxygens (including phenoxy) is 1. The molecule has 2 aromatic rings. The molecule has 6 nitrogen and oxygen atoms in total. The molecule has 6 heteroatoms. The molecule has 1 heterocycles. The fraction of sp³-hybridized carbons (Fsp3) is 0.200. The molecule has 0 aliphatic carbocycles. The summed E-state index contributed by atoms with van der Waals surface area (Å²) in [5, 5.41) is 0. The number of Topliss-reactive ketones (excluding diaryl/α,β-unsaturated/α-hetero) is 1. The lowest BCUT2D eigenvalue weighted by atomic mass is 10.1. The smallest absolute Gasteiger partial charge is 0.300 e.